The number of hydrogen-bond acceptors (Lipinski definition) is 0. The van der Waals surface area contributed by atoms with Crippen LogP contribution in [0.25, 0.3) is 6.08 Å². The van der Waals surface area contributed by atoms with Gasteiger partial charge in [0.1, 0.15) is 0 Å². The average molecular weight is 625 g/mol. The Kier molecular flexibility index (Phi) is 6.33. The van der Waals surface area contributed by atoms with Crippen LogP contribution >= 0.6 is 0 Å². The molecule has 0 N–H and O–H groups in total. The fourth-order valence-corrected chi connectivity index (χ4v) is 28.0. The third-order valence-corrected chi connectivity index (χ3v) is 33.3. The molecule has 1 aromatic carbocycles. The van der Waals surface area contributed by atoms with Gasteiger partial charge in [-0.2, -0.15) is 0 Å². The number of hydrogen-bond donors (Lipinski definition) is 0. The predicted molar refractivity (Wildman–Crippen MR) is 148 cm³/mol. The van der Waals surface area contributed by atoms with E-state index in [9.17, 15) is 0 Å². The third kappa shape index (κ3) is 3.45. The summed E-state index contributed by atoms with van der Waals surface area (Å²) in [5, 5.41) is 0. The van der Waals surface area contributed by atoms with E-state index in [1.807, 2.05) is 0 Å². The summed E-state index contributed by atoms with van der Waals surface area (Å²) in [6.07, 6.45) is 11.7. The van der Waals surface area contributed by atoms with Gasteiger partial charge in [-0.1, -0.05) is 0 Å². The van der Waals surface area contributed by atoms with Crippen molar-refractivity contribution < 1.29 is 20.0 Å². The van der Waals surface area contributed by atoms with Crippen molar-refractivity contribution in [3.05, 3.63) is 62.8 Å². The second kappa shape index (κ2) is 8.16. The normalized spacial score (nSPS) is 25.4. The minimum absolute atomic E-state index is 0.224. The first-order chi connectivity index (χ1) is 15.6. The van der Waals surface area contributed by atoms with E-state index >= 15 is 0 Å². The third-order valence-electron chi connectivity index (χ3n) is 11.4. The number of fused-ring (bicyclic) bond motifs is 2. The quantitative estimate of drug-likeness (QED) is 0.286. The van der Waals surface area contributed by atoms with E-state index in [1.165, 1.54) is 37.7 Å². The van der Waals surface area contributed by atoms with Crippen molar-refractivity contribution >= 4 is 6.08 Å². The van der Waals surface area contributed by atoms with Crippen LogP contribution in [0.5, 0.6) is 0 Å². The van der Waals surface area contributed by atoms with Crippen LogP contribution in [-0.4, -0.2) is 0 Å². The maximum absolute atomic E-state index is 3.17. The van der Waals surface area contributed by atoms with E-state index in [4.69, 9.17) is 0 Å². The molecule has 3 aliphatic carbocycles. The molecular weight excluding hydrogens is 575 g/mol. The van der Waals surface area contributed by atoms with Gasteiger partial charge < -0.3 is 0 Å². The summed E-state index contributed by atoms with van der Waals surface area (Å²) in [5.74, 6) is 0. The first-order valence-electron chi connectivity index (χ1n) is 13.8. The molecular formula is C33H50Hf. The molecule has 1 unspecified atom stereocenters. The zero-order valence-electron chi connectivity index (χ0n) is 24.3. The molecule has 0 bridgehead atoms. The fraction of sp³-hybridized carbons (Fsp3) is 0.636. The Morgan fingerprint density at radius 3 is 1.82 bits per heavy atom. The summed E-state index contributed by atoms with van der Waals surface area (Å²) in [6.45, 7) is 24.5. The molecule has 0 nitrogen and oxygen atoms in total. The van der Waals surface area contributed by atoms with E-state index in [2.05, 4.69) is 103 Å². The average Bonchev–Trinajstić information content (AvgIpc) is 3.36. The van der Waals surface area contributed by atoms with Crippen molar-refractivity contribution in [2.24, 2.45) is 10.8 Å². The number of benzene rings is 1. The first-order valence-corrected chi connectivity index (χ1v) is 24.6. The van der Waals surface area contributed by atoms with Crippen LogP contribution in [0.15, 0.2) is 40.5 Å². The van der Waals surface area contributed by atoms with Crippen molar-refractivity contribution in [1.29, 1.82) is 0 Å². The molecule has 3 aliphatic rings. The van der Waals surface area contributed by atoms with Crippen LogP contribution in [0.1, 0.15) is 111 Å². The molecule has 186 valence electrons. The van der Waals surface area contributed by atoms with Crippen molar-refractivity contribution in [1.82, 2.24) is 0 Å². The van der Waals surface area contributed by atoms with Gasteiger partial charge in [-0.3, -0.25) is 0 Å². The van der Waals surface area contributed by atoms with Crippen LogP contribution in [0.2, 0.25) is 12.5 Å². The SMILES string of the molecule is CCC1(CC)Cc2cc3c(cc2C1)[C](CC(C)(C)C)([Hf]([CH3])([CH3])[C]1(C)C(C)=C(C)C(C)=C1C)C=C3. The van der Waals surface area contributed by atoms with Gasteiger partial charge in [0.05, 0.1) is 0 Å². The molecule has 0 saturated carbocycles. The molecule has 4 rings (SSSR count). The van der Waals surface area contributed by atoms with E-state index in [-0.39, 0.29) is 11.8 Å². The maximum atomic E-state index is 2.80. The number of allylic oxidation sites excluding steroid dienone is 5. The summed E-state index contributed by atoms with van der Waals surface area (Å²) in [5.41, 5.74) is 13.8. The van der Waals surface area contributed by atoms with Crippen LogP contribution in [0.3, 0.4) is 0 Å². The van der Waals surface area contributed by atoms with E-state index in [1.54, 1.807) is 39.0 Å². The van der Waals surface area contributed by atoms with Crippen LogP contribution in [-0.2, 0) is 36.0 Å². The summed E-state index contributed by atoms with van der Waals surface area (Å²) < 4.78 is 6.08. The van der Waals surface area contributed by atoms with Gasteiger partial charge in [0.15, 0.2) is 0 Å². The van der Waals surface area contributed by atoms with E-state index < -0.39 is 20.0 Å². The van der Waals surface area contributed by atoms with E-state index in [0.717, 1.165) is 0 Å². The Morgan fingerprint density at radius 1 is 0.853 bits per heavy atom. The van der Waals surface area contributed by atoms with Crippen molar-refractivity contribution in [3.63, 3.8) is 0 Å². The molecule has 0 radical (unpaired) electrons. The standard InChI is InChI=1S/C21H29.C10H15.2CH3.Hf/c1-6-21(7-2)13-17-10-15-8-9-16(12-20(3,4)5)19(15)11-18(17)14-21;1-6-7(2)9(4)10(5)8(6)3;;;/h8-11H,6-7,12-14H2,1-5H3;1-5H3;2*1H3;. The van der Waals surface area contributed by atoms with Gasteiger partial charge in [0.25, 0.3) is 0 Å². The van der Waals surface area contributed by atoms with Gasteiger partial charge in [0, 0.05) is 0 Å². The second-order valence-electron chi connectivity index (χ2n) is 14.1. The van der Waals surface area contributed by atoms with Gasteiger partial charge in [-0.15, -0.1) is 0 Å². The molecule has 34 heavy (non-hydrogen) atoms. The Hall–Kier alpha value is -0.690. The van der Waals surface area contributed by atoms with Crippen LogP contribution in [0, 0.1) is 10.8 Å². The van der Waals surface area contributed by atoms with Crippen molar-refractivity contribution in [2.75, 3.05) is 0 Å². The summed E-state index contributed by atoms with van der Waals surface area (Å²) >= 11 is -3.17. The molecule has 1 heteroatoms. The van der Waals surface area contributed by atoms with Crippen LogP contribution in [0.4, 0.5) is 0 Å². The van der Waals surface area contributed by atoms with Gasteiger partial charge in [-0.05, 0) is 0 Å². The van der Waals surface area contributed by atoms with Gasteiger partial charge in [-0.25, -0.2) is 0 Å². The molecule has 0 amide bonds. The topological polar surface area (TPSA) is 0 Å². The monoisotopic (exact) mass is 626 g/mol. The zero-order valence-corrected chi connectivity index (χ0v) is 27.9. The first kappa shape index (κ1) is 26.4. The molecule has 1 atom stereocenters. The van der Waals surface area contributed by atoms with Crippen molar-refractivity contribution in [2.45, 2.75) is 117 Å². The van der Waals surface area contributed by atoms with Crippen molar-refractivity contribution in [3.8, 4) is 0 Å². The number of rotatable bonds is 5. The summed E-state index contributed by atoms with van der Waals surface area (Å²) in [7, 11) is 0. The Labute approximate surface area is 215 Å². The fourth-order valence-electron chi connectivity index (χ4n) is 8.24. The Balaban J connectivity index is 1.95. The summed E-state index contributed by atoms with van der Waals surface area (Å²) in [6, 6.07) is 5.34. The molecule has 0 aromatic heterocycles. The minimum atomic E-state index is -3.17. The van der Waals surface area contributed by atoms with Crippen LogP contribution < -0.4 is 0 Å². The molecule has 0 aliphatic heterocycles. The molecule has 1 aromatic rings. The predicted octanol–water partition coefficient (Wildman–Crippen LogP) is 10.4. The molecule has 0 heterocycles. The Morgan fingerprint density at radius 2 is 1.35 bits per heavy atom. The molecule has 0 saturated heterocycles. The summed E-state index contributed by atoms with van der Waals surface area (Å²) in [4.78, 5) is 0. The molecule has 0 spiro atoms. The Bertz CT molecular complexity index is 1090. The van der Waals surface area contributed by atoms with Gasteiger partial charge >= 0.3 is 217 Å². The van der Waals surface area contributed by atoms with Gasteiger partial charge in [0.2, 0.25) is 0 Å². The second-order valence-corrected chi connectivity index (χ2v) is 32.5. The zero-order chi connectivity index (χ0) is 25.5. The van der Waals surface area contributed by atoms with E-state index in [0.29, 0.717) is 5.41 Å². The molecule has 0 fully saturated rings.